The molecule has 1 aromatic heterocycles. The summed E-state index contributed by atoms with van der Waals surface area (Å²) in [7, 11) is 1.62. The second kappa shape index (κ2) is 9.21. The van der Waals surface area contributed by atoms with Crippen molar-refractivity contribution in [1.29, 1.82) is 0 Å². The molecule has 1 fully saturated rings. The van der Waals surface area contributed by atoms with Gasteiger partial charge >= 0.3 is 6.03 Å². The van der Waals surface area contributed by atoms with Crippen molar-refractivity contribution < 1.29 is 14.3 Å². The number of pyridine rings is 1. The number of carbonyl (C=O) groups excluding carboxylic acids is 2. The van der Waals surface area contributed by atoms with E-state index >= 15 is 0 Å². The molecule has 7 heteroatoms. The first-order valence-corrected chi connectivity index (χ1v) is 9.44. The number of piperidine rings is 1. The number of likely N-dealkylation sites (tertiary alicyclic amines) is 1. The van der Waals surface area contributed by atoms with Crippen LogP contribution in [0.4, 0.5) is 4.79 Å². The molecule has 0 spiro atoms. The molecule has 2 aromatic rings. The lowest BCUT2D eigenvalue weighted by Gasteiger charge is -2.32. The van der Waals surface area contributed by atoms with Gasteiger partial charge in [0.15, 0.2) is 0 Å². The molecule has 0 saturated carbocycles. The van der Waals surface area contributed by atoms with Crippen LogP contribution in [0.3, 0.4) is 0 Å². The molecule has 28 heavy (non-hydrogen) atoms. The van der Waals surface area contributed by atoms with Gasteiger partial charge in [0.05, 0.1) is 12.7 Å². The minimum atomic E-state index is -0.191. The average molecular weight is 382 g/mol. The third kappa shape index (κ3) is 5.22. The molecule has 1 aromatic carbocycles. The van der Waals surface area contributed by atoms with Gasteiger partial charge in [-0.15, -0.1) is 0 Å². The normalized spacial score (nSPS) is 14.4. The van der Waals surface area contributed by atoms with E-state index in [1.165, 1.54) is 0 Å². The van der Waals surface area contributed by atoms with Gasteiger partial charge in [-0.3, -0.25) is 9.78 Å². The Morgan fingerprint density at radius 2 is 1.86 bits per heavy atom. The minimum absolute atomic E-state index is 0.00472. The van der Waals surface area contributed by atoms with Gasteiger partial charge in [0.25, 0.3) is 5.91 Å². The van der Waals surface area contributed by atoms with Crippen molar-refractivity contribution in [1.82, 2.24) is 20.5 Å². The van der Waals surface area contributed by atoms with Crippen LogP contribution in [-0.4, -0.2) is 48.1 Å². The molecule has 1 aliphatic heterocycles. The van der Waals surface area contributed by atoms with E-state index in [1.54, 1.807) is 13.3 Å². The third-order valence-corrected chi connectivity index (χ3v) is 4.89. The van der Waals surface area contributed by atoms with Crippen LogP contribution < -0.4 is 15.4 Å². The number of aryl methyl sites for hydroxylation is 1. The Kier molecular flexibility index (Phi) is 6.47. The van der Waals surface area contributed by atoms with Gasteiger partial charge in [-0.2, -0.15) is 0 Å². The predicted octanol–water partition coefficient (Wildman–Crippen LogP) is 2.50. The zero-order chi connectivity index (χ0) is 19.9. The molecule has 1 aliphatic rings. The minimum Gasteiger partial charge on any atom is -0.497 e. The second-order valence-corrected chi connectivity index (χ2v) is 6.93. The smallest absolute Gasteiger partial charge is 0.315 e. The van der Waals surface area contributed by atoms with E-state index in [2.05, 4.69) is 15.6 Å². The quantitative estimate of drug-likeness (QED) is 0.832. The predicted molar refractivity (Wildman–Crippen MR) is 106 cm³/mol. The zero-order valence-corrected chi connectivity index (χ0v) is 16.3. The lowest BCUT2D eigenvalue weighted by Crippen LogP contribution is -2.49. The van der Waals surface area contributed by atoms with E-state index in [0.29, 0.717) is 25.2 Å². The van der Waals surface area contributed by atoms with Crippen LogP contribution in [0.1, 0.15) is 34.5 Å². The number of nitrogens with one attached hydrogen (secondary N) is 2. The number of rotatable bonds is 5. The molecule has 0 aliphatic carbocycles. The first kappa shape index (κ1) is 19.7. The summed E-state index contributed by atoms with van der Waals surface area (Å²) >= 11 is 0. The first-order valence-electron chi connectivity index (χ1n) is 9.44. The van der Waals surface area contributed by atoms with Crippen molar-refractivity contribution in [2.45, 2.75) is 32.4 Å². The standard InChI is InChI=1S/C21H26N4O3/c1-15-3-6-17(14-22-15)20(26)25-11-9-18(10-12-25)24-21(27)23-13-16-4-7-19(28-2)8-5-16/h3-8,14,18H,9-13H2,1-2H3,(H2,23,24,27). The lowest BCUT2D eigenvalue weighted by molar-refractivity contribution is 0.0708. The van der Waals surface area contributed by atoms with Gasteiger partial charge in [0, 0.05) is 37.6 Å². The summed E-state index contributed by atoms with van der Waals surface area (Å²) in [6.45, 7) is 3.59. The van der Waals surface area contributed by atoms with Gasteiger partial charge in [0.1, 0.15) is 5.75 Å². The van der Waals surface area contributed by atoms with E-state index in [9.17, 15) is 9.59 Å². The molecule has 1 saturated heterocycles. The molecular formula is C21H26N4O3. The largest absolute Gasteiger partial charge is 0.497 e. The Bertz CT molecular complexity index is 797. The van der Waals surface area contributed by atoms with Crippen molar-refractivity contribution in [2.75, 3.05) is 20.2 Å². The van der Waals surface area contributed by atoms with E-state index in [4.69, 9.17) is 4.74 Å². The van der Waals surface area contributed by atoms with E-state index in [0.717, 1.165) is 29.8 Å². The molecule has 3 rings (SSSR count). The zero-order valence-electron chi connectivity index (χ0n) is 16.3. The van der Waals surface area contributed by atoms with E-state index in [-0.39, 0.29) is 18.0 Å². The number of hydrogen-bond donors (Lipinski definition) is 2. The topological polar surface area (TPSA) is 83.6 Å². The van der Waals surface area contributed by atoms with Crippen LogP contribution in [0.5, 0.6) is 5.75 Å². The molecule has 148 valence electrons. The van der Waals surface area contributed by atoms with Crippen LogP contribution in [-0.2, 0) is 6.54 Å². The van der Waals surface area contributed by atoms with Gasteiger partial charge in [-0.25, -0.2) is 4.79 Å². The van der Waals surface area contributed by atoms with Crippen LogP contribution in [0.2, 0.25) is 0 Å². The Labute approximate surface area is 165 Å². The molecule has 0 radical (unpaired) electrons. The number of methoxy groups -OCH3 is 1. The molecule has 2 heterocycles. The molecular weight excluding hydrogens is 356 g/mol. The highest BCUT2D eigenvalue weighted by molar-refractivity contribution is 5.94. The fourth-order valence-electron chi connectivity index (χ4n) is 3.17. The second-order valence-electron chi connectivity index (χ2n) is 6.93. The molecule has 0 atom stereocenters. The number of ether oxygens (including phenoxy) is 1. The number of nitrogens with zero attached hydrogens (tertiary/aromatic N) is 2. The van der Waals surface area contributed by atoms with E-state index in [1.807, 2.05) is 48.2 Å². The Balaban J connectivity index is 1.41. The van der Waals surface area contributed by atoms with E-state index < -0.39 is 0 Å². The summed E-state index contributed by atoms with van der Waals surface area (Å²) in [4.78, 5) is 30.7. The summed E-state index contributed by atoms with van der Waals surface area (Å²) in [5.74, 6) is 0.783. The maximum Gasteiger partial charge on any atom is 0.315 e. The summed E-state index contributed by atoms with van der Waals surface area (Å²) < 4.78 is 5.12. The molecule has 7 nitrogen and oxygen atoms in total. The fraction of sp³-hybridized carbons (Fsp3) is 0.381. The van der Waals surface area contributed by atoms with Crippen molar-refractivity contribution in [2.24, 2.45) is 0 Å². The van der Waals surface area contributed by atoms with Gasteiger partial charge in [0.2, 0.25) is 0 Å². The summed E-state index contributed by atoms with van der Waals surface area (Å²) in [6.07, 6.45) is 3.09. The monoisotopic (exact) mass is 382 g/mol. The van der Waals surface area contributed by atoms with Gasteiger partial charge in [-0.05, 0) is 49.6 Å². The number of hydrogen-bond acceptors (Lipinski definition) is 4. The van der Waals surface area contributed by atoms with Gasteiger partial charge in [-0.1, -0.05) is 12.1 Å². The summed E-state index contributed by atoms with van der Waals surface area (Å²) in [5.41, 5.74) is 2.50. The highest BCUT2D eigenvalue weighted by Gasteiger charge is 2.24. The molecule has 2 N–H and O–H groups in total. The summed E-state index contributed by atoms with van der Waals surface area (Å²) in [5, 5.41) is 5.86. The van der Waals surface area contributed by atoms with Crippen LogP contribution in [0.25, 0.3) is 0 Å². The highest BCUT2D eigenvalue weighted by Crippen LogP contribution is 2.14. The molecule has 0 unspecified atom stereocenters. The van der Waals surface area contributed by atoms with Crippen molar-refractivity contribution >= 4 is 11.9 Å². The Hall–Kier alpha value is -3.09. The third-order valence-electron chi connectivity index (χ3n) is 4.89. The van der Waals surface area contributed by atoms with Crippen LogP contribution in [0.15, 0.2) is 42.6 Å². The van der Waals surface area contributed by atoms with Crippen molar-refractivity contribution in [3.05, 3.63) is 59.4 Å². The van der Waals surface area contributed by atoms with Gasteiger partial charge < -0.3 is 20.3 Å². The number of urea groups is 1. The van der Waals surface area contributed by atoms with Crippen molar-refractivity contribution in [3.63, 3.8) is 0 Å². The SMILES string of the molecule is COc1ccc(CNC(=O)NC2CCN(C(=O)c3ccc(C)nc3)CC2)cc1. The van der Waals surface area contributed by atoms with Crippen molar-refractivity contribution in [3.8, 4) is 5.75 Å². The fourth-order valence-corrected chi connectivity index (χ4v) is 3.17. The Morgan fingerprint density at radius 1 is 1.14 bits per heavy atom. The number of carbonyl (C=O) groups is 2. The summed E-state index contributed by atoms with van der Waals surface area (Å²) in [6, 6.07) is 11.1. The number of amides is 3. The highest BCUT2D eigenvalue weighted by atomic mass is 16.5. The maximum absolute atomic E-state index is 12.5. The van der Waals surface area contributed by atoms with Crippen LogP contribution >= 0.6 is 0 Å². The van der Waals surface area contributed by atoms with Crippen LogP contribution in [0, 0.1) is 6.92 Å². The first-order chi connectivity index (χ1) is 13.5. The number of aromatic nitrogens is 1. The number of benzene rings is 1. The maximum atomic E-state index is 12.5. The lowest BCUT2D eigenvalue weighted by atomic mass is 10.0. The molecule has 0 bridgehead atoms. The average Bonchev–Trinajstić information content (AvgIpc) is 2.73. The Morgan fingerprint density at radius 3 is 2.46 bits per heavy atom. The molecule has 3 amide bonds.